The number of nitrogens with zero attached hydrogens (tertiary/aromatic N) is 4. The van der Waals surface area contributed by atoms with E-state index in [0.29, 0.717) is 12.1 Å². The van der Waals surface area contributed by atoms with Gasteiger partial charge in [-0.2, -0.15) is 4.40 Å². The van der Waals surface area contributed by atoms with E-state index < -0.39 is 18.0 Å². The van der Waals surface area contributed by atoms with Gasteiger partial charge in [0.2, 0.25) is 15.8 Å². The Kier molecular flexibility index (Phi) is 6.87. The molecule has 0 bridgehead atoms. The Labute approximate surface area is 257 Å². The first-order chi connectivity index (χ1) is 20.7. The van der Waals surface area contributed by atoms with E-state index in [4.69, 9.17) is 0 Å². The molecule has 2 aliphatic rings. The lowest BCUT2D eigenvalue weighted by molar-refractivity contribution is -0.721. The van der Waals surface area contributed by atoms with E-state index in [1.54, 1.807) is 30.0 Å². The smallest absolute Gasteiger partial charge is 0.352 e. The number of pyridine rings is 1. The summed E-state index contributed by atoms with van der Waals surface area (Å²) in [6, 6.07) is 18.8. The number of carbonyl (C=O) groups is 2. The molecule has 0 radical (unpaired) electrons. The predicted octanol–water partition coefficient (Wildman–Crippen LogP) is 4.20. The minimum absolute atomic E-state index is 0.0450. The number of thiazole rings is 1. The summed E-state index contributed by atoms with van der Waals surface area (Å²) in [5.74, 6) is -2.19. The van der Waals surface area contributed by atoms with Crippen LogP contribution >= 0.6 is 23.1 Å². The van der Waals surface area contributed by atoms with Crippen LogP contribution in [0.5, 0.6) is 0 Å². The predicted molar refractivity (Wildman–Crippen MR) is 166 cm³/mol. The van der Waals surface area contributed by atoms with Gasteiger partial charge < -0.3 is 15.1 Å². The summed E-state index contributed by atoms with van der Waals surface area (Å²) >= 11 is 3.21. The van der Waals surface area contributed by atoms with Crippen molar-refractivity contribution in [1.82, 2.24) is 9.30 Å². The summed E-state index contributed by atoms with van der Waals surface area (Å²) in [6.07, 6.45) is 9.57. The van der Waals surface area contributed by atoms with Gasteiger partial charge in [0, 0.05) is 28.5 Å². The molecule has 5 heterocycles. The van der Waals surface area contributed by atoms with Gasteiger partial charge in [-0.1, -0.05) is 66.4 Å². The van der Waals surface area contributed by atoms with E-state index in [1.807, 2.05) is 13.1 Å². The third-order valence-electron chi connectivity index (χ3n) is 8.69. The topological polar surface area (TPSA) is 90.0 Å². The van der Waals surface area contributed by atoms with E-state index in [1.165, 1.54) is 26.8 Å². The summed E-state index contributed by atoms with van der Waals surface area (Å²) in [5.41, 5.74) is 3.14. The largest absolute Gasteiger partial charge is 0.477 e. The van der Waals surface area contributed by atoms with Gasteiger partial charge in [0.25, 0.3) is 6.33 Å². The lowest BCUT2D eigenvalue weighted by Crippen LogP contribution is -2.63. The van der Waals surface area contributed by atoms with Crippen LogP contribution in [-0.2, 0) is 22.7 Å². The van der Waals surface area contributed by atoms with E-state index in [-0.39, 0.29) is 23.6 Å². The van der Waals surface area contributed by atoms with Gasteiger partial charge in [-0.25, -0.2) is 13.9 Å². The maximum Gasteiger partial charge on any atom is 0.352 e. The lowest BCUT2D eigenvalue weighted by atomic mass is 9.77. The second-order valence-electron chi connectivity index (χ2n) is 11.4. The van der Waals surface area contributed by atoms with Gasteiger partial charge >= 0.3 is 5.97 Å². The van der Waals surface area contributed by atoms with E-state index in [2.05, 4.69) is 93.1 Å². The van der Waals surface area contributed by atoms with E-state index in [0.717, 1.165) is 21.3 Å². The highest BCUT2D eigenvalue weighted by Gasteiger charge is 2.60. The molecule has 0 unspecified atom stereocenters. The number of carboxylic acid groups (broad SMARTS) is 1. The summed E-state index contributed by atoms with van der Waals surface area (Å²) in [5, 5.41) is 23.8. The van der Waals surface area contributed by atoms with Gasteiger partial charge in [0.05, 0.1) is 22.9 Å². The summed E-state index contributed by atoms with van der Waals surface area (Å²) in [7, 11) is 0. The standard InChI is InChI=1S/C33H31N4O4S2/c1-19-26(29(33(40)41)37-28(19)27(20(2)38)30(37)39)25-17-36-18-35(31(42-3)32(36)43-25)15-22-8-6-7-21(13-22)14-34-12-11-23-9-4-5-10-24(23)16-34/h4-13,16-20,27-28,38H,14-15H2,1-3H3/q+1/p+1/t19-,20+,27+,28-/m0/s1. The number of carboxylic acids is 1. The minimum Gasteiger partial charge on any atom is -0.477 e. The molecule has 1 fully saturated rings. The first-order valence-corrected chi connectivity index (χ1v) is 16.3. The molecule has 218 valence electrons. The van der Waals surface area contributed by atoms with Crippen LogP contribution in [-0.4, -0.2) is 49.8 Å². The molecular formula is C33H32N4O4S2+2. The second kappa shape index (κ2) is 10.6. The van der Waals surface area contributed by atoms with Crippen LogP contribution in [0, 0.1) is 11.8 Å². The zero-order valence-electron chi connectivity index (χ0n) is 24.0. The fourth-order valence-corrected chi connectivity index (χ4v) is 8.96. The van der Waals surface area contributed by atoms with Crippen molar-refractivity contribution in [2.75, 3.05) is 6.26 Å². The summed E-state index contributed by atoms with van der Waals surface area (Å²) < 4.78 is 6.50. The maximum atomic E-state index is 12.8. The van der Waals surface area contributed by atoms with Gasteiger partial charge in [0.1, 0.15) is 18.4 Å². The number of hydrogen-bond acceptors (Lipinski definition) is 5. The molecule has 10 heteroatoms. The molecule has 3 aromatic heterocycles. The number of carbonyl (C=O) groups excluding carboxylic acids is 1. The van der Waals surface area contributed by atoms with Crippen molar-refractivity contribution in [1.29, 1.82) is 0 Å². The highest BCUT2D eigenvalue weighted by Crippen LogP contribution is 2.51. The van der Waals surface area contributed by atoms with E-state index in [9.17, 15) is 19.8 Å². The van der Waals surface area contributed by atoms with Crippen molar-refractivity contribution >= 4 is 56.2 Å². The maximum absolute atomic E-state index is 12.8. The number of rotatable bonds is 8. The molecule has 43 heavy (non-hydrogen) atoms. The Bertz CT molecular complexity index is 1960. The Morgan fingerprint density at radius 2 is 1.84 bits per heavy atom. The van der Waals surface area contributed by atoms with Crippen LogP contribution in [0.25, 0.3) is 21.2 Å². The van der Waals surface area contributed by atoms with Crippen LogP contribution in [0.15, 0.2) is 90.2 Å². The lowest BCUT2D eigenvalue weighted by Gasteiger charge is -2.46. The van der Waals surface area contributed by atoms with Crippen LogP contribution in [0.3, 0.4) is 0 Å². The van der Waals surface area contributed by atoms with Crippen LogP contribution in [0.2, 0.25) is 0 Å². The highest BCUT2D eigenvalue weighted by molar-refractivity contribution is 7.98. The van der Waals surface area contributed by atoms with Gasteiger partial charge in [0.15, 0.2) is 18.9 Å². The molecule has 2 aromatic carbocycles. The SMILES string of the molecule is CSc1c2sc(C3=C(C(=O)O)N4C(=O)[C@H]([C@@H](C)O)[C@@H]4[C@H]3C)cn2c[n+]1Cc1cccc(C[n+]2ccc3ccccc3c2)c1. The van der Waals surface area contributed by atoms with Crippen LogP contribution < -0.4 is 9.13 Å². The van der Waals surface area contributed by atoms with Gasteiger partial charge in [-0.15, -0.1) is 0 Å². The number of aromatic nitrogens is 3. The average molecular weight is 613 g/mol. The molecule has 8 nitrogen and oxygen atoms in total. The van der Waals surface area contributed by atoms with Crippen molar-refractivity contribution in [2.45, 2.75) is 44.1 Å². The first kappa shape index (κ1) is 27.8. The summed E-state index contributed by atoms with van der Waals surface area (Å²) in [6.45, 7) is 5.04. The minimum atomic E-state index is -1.11. The van der Waals surface area contributed by atoms with Crippen molar-refractivity contribution in [2.24, 2.45) is 11.8 Å². The molecule has 0 spiro atoms. The number of benzene rings is 2. The number of fused-ring (bicyclic) bond motifs is 3. The zero-order valence-corrected chi connectivity index (χ0v) is 25.7. The average Bonchev–Trinajstić information content (AvgIpc) is 3.60. The van der Waals surface area contributed by atoms with Crippen molar-refractivity contribution in [3.8, 4) is 0 Å². The van der Waals surface area contributed by atoms with Gasteiger partial charge in [-0.3, -0.25) is 4.79 Å². The Hall–Kier alpha value is -3.99. The summed E-state index contributed by atoms with van der Waals surface area (Å²) in [4.78, 5) is 28.4. The third kappa shape index (κ3) is 4.56. The number of aliphatic hydroxyl groups is 1. The quantitative estimate of drug-likeness (QED) is 0.156. The number of aliphatic hydroxyl groups excluding tert-OH is 1. The number of amides is 1. The Morgan fingerprint density at radius 3 is 2.56 bits per heavy atom. The molecule has 1 amide bonds. The fraction of sp³-hybridized carbons (Fsp3) is 0.273. The van der Waals surface area contributed by atoms with Crippen molar-refractivity contribution in [3.63, 3.8) is 0 Å². The number of hydrogen-bond donors (Lipinski definition) is 2. The number of imidazole rings is 1. The molecule has 2 N–H and O–H groups in total. The molecule has 4 atom stereocenters. The monoisotopic (exact) mass is 612 g/mol. The van der Waals surface area contributed by atoms with Gasteiger partial charge in [-0.05, 0) is 36.3 Å². The fourth-order valence-electron chi connectivity index (χ4n) is 6.78. The third-order valence-corrected chi connectivity index (χ3v) is 10.8. The van der Waals surface area contributed by atoms with Crippen molar-refractivity contribution in [3.05, 3.63) is 101 Å². The van der Waals surface area contributed by atoms with Crippen LogP contribution in [0.4, 0.5) is 0 Å². The molecule has 2 aliphatic heterocycles. The molecule has 0 saturated carbocycles. The van der Waals surface area contributed by atoms with E-state index >= 15 is 0 Å². The number of β-lactam (4-membered cyclic amide) rings is 1. The molecule has 1 saturated heterocycles. The number of aliphatic carboxylic acids is 1. The number of thioether (sulfide) groups is 1. The molecule has 7 rings (SSSR count). The molecule has 5 aromatic rings. The van der Waals surface area contributed by atoms with Crippen LogP contribution in [0.1, 0.15) is 29.9 Å². The normalized spacial score (nSPS) is 20.6. The molecular weight excluding hydrogens is 581 g/mol. The Morgan fingerprint density at radius 1 is 1.09 bits per heavy atom. The second-order valence-corrected chi connectivity index (χ2v) is 13.3. The first-order valence-electron chi connectivity index (χ1n) is 14.3. The Balaban J connectivity index is 1.17. The highest BCUT2D eigenvalue weighted by atomic mass is 32.2. The molecule has 0 aliphatic carbocycles. The zero-order chi connectivity index (χ0) is 30.0. The van der Waals surface area contributed by atoms with Crippen molar-refractivity contribution < 1.29 is 28.9 Å².